The number of carboxylic acids is 1. The third-order valence-electron chi connectivity index (χ3n) is 2.56. The van der Waals surface area contributed by atoms with Crippen LogP contribution in [0.15, 0.2) is 41.2 Å². The van der Waals surface area contributed by atoms with Crippen LogP contribution in [-0.4, -0.2) is 26.8 Å². The Morgan fingerprint density at radius 1 is 1.25 bits per heavy atom. The topological polar surface area (TPSA) is 101 Å². The van der Waals surface area contributed by atoms with E-state index in [1.54, 1.807) is 6.07 Å². The van der Waals surface area contributed by atoms with E-state index in [1.807, 2.05) is 0 Å². The number of aromatic carboxylic acids is 1. The number of nitrogens with zero attached hydrogens (tertiary/aromatic N) is 2. The van der Waals surface area contributed by atoms with Crippen molar-refractivity contribution in [1.82, 2.24) is 9.78 Å². The van der Waals surface area contributed by atoms with Crippen LogP contribution in [0.2, 0.25) is 0 Å². The van der Waals surface area contributed by atoms with E-state index in [9.17, 15) is 14.4 Å². The number of carbonyl (C=O) groups is 2. The molecule has 0 spiro atoms. The molecule has 0 radical (unpaired) electrons. The number of carbonyl (C=O) groups excluding carboxylic acids is 1. The summed E-state index contributed by atoms with van der Waals surface area (Å²) in [5, 5.41) is 15.2. The first kappa shape index (κ1) is 13.5. The highest BCUT2D eigenvalue weighted by Crippen LogP contribution is 2.11. The van der Waals surface area contributed by atoms with E-state index < -0.39 is 11.9 Å². The number of hydrogen-bond acceptors (Lipinski definition) is 4. The van der Waals surface area contributed by atoms with Crippen LogP contribution in [-0.2, 0) is 7.05 Å². The number of rotatable bonds is 3. The number of anilines is 1. The molecule has 2 rings (SSSR count). The molecule has 7 heteroatoms. The fourth-order valence-electron chi connectivity index (χ4n) is 1.55. The molecule has 7 nitrogen and oxygen atoms in total. The highest BCUT2D eigenvalue weighted by Gasteiger charge is 2.10. The van der Waals surface area contributed by atoms with Crippen molar-refractivity contribution in [3.8, 4) is 0 Å². The molecule has 20 heavy (non-hydrogen) atoms. The van der Waals surface area contributed by atoms with Gasteiger partial charge in [0.1, 0.15) is 5.69 Å². The van der Waals surface area contributed by atoms with Gasteiger partial charge in [0.15, 0.2) is 0 Å². The molecule has 0 saturated carbocycles. The van der Waals surface area contributed by atoms with E-state index in [-0.39, 0.29) is 16.8 Å². The van der Waals surface area contributed by atoms with Gasteiger partial charge < -0.3 is 10.4 Å². The molecular formula is C13H11N3O4. The van der Waals surface area contributed by atoms with Gasteiger partial charge in [0.25, 0.3) is 11.5 Å². The molecule has 2 aromatic rings. The summed E-state index contributed by atoms with van der Waals surface area (Å²) in [6.45, 7) is 0. The smallest absolute Gasteiger partial charge is 0.335 e. The molecule has 0 aliphatic heterocycles. The number of benzene rings is 1. The van der Waals surface area contributed by atoms with E-state index >= 15 is 0 Å². The Morgan fingerprint density at radius 3 is 2.65 bits per heavy atom. The second kappa shape index (κ2) is 5.35. The highest BCUT2D eigenvalue weighted by atomic mass is 16.4. The molecular weight excluding hydrogens is 262 g/mol. The molecule has 1 heterocycles. The van der Waals surface area contributed by atoms with Crippen LogP contribution in [0.3, 0.4) is 0 Å². The summed E-state index contributed by atoms with van der Waals surface area (Å²) in [5.74, 6) is -1.61. The van der Waals surface area contributed by atoms with Crippen molar-refractivity contribution >= 4 is 17.6 Å². The normalized spacial score (nSPS) is 10.1. The van der Waals surface area contributed by atoms with Crippen LogP contribution in [0, 0.1) is 0 Å². The maximum Gasteiger partial charge on any atom is 0.335 e. The molecule has 0 aliphatic rings. The van der Waals surface area contributed by atoms with Crippen LogP contribution in [0.4, 0.5) is 5.69 Å². The molecule has 0 unspecified atom stereocenters. The Balaban J connectivity index is 2.23. The molecule has 2 N–H and O–H groups in total. The van der Waals surface area contributed by atoms with E-state index in [0.717, 1.165) is 4.68 Å². The minimum Gasteiger partial charge on any atom is -0.478 e. The lowest BCUT2D eigenvalue weighted by Gasteiger charge is -2.06. The van der Waals surface area contributed by atoms with Gasteiger partial charge in [-0.15, -0.1) is 0 Å². The summed E-state index contributed by atoms with van der Waals surface area (Å²) in [5.41, 5.74) is 0.143. The minimum atomic E-state index is -1.08. The summed E-state index contributed by atoms with van der Waals surface area (Å²) in [6, 6.07) is 8.37. The van der Waals surface area contributed by atoms with Crippen LogP contribution >= 0.6 is 0 Å². The lowest BCUT2D eigenvalue weighted by molar-refractivity contribution is 0.0696. The molecule has 0 bridgehead atoms. The van der Waals surface area contributed by atoms with Gasteiger partial charge >= 0.3 is 5.97 Å². The monoisotopic (exact) mass is 273 g/mol. The third-order valence-corrected chi connectivity index (χ3v) is 2.56. The van der Waals surface area contributed by atoms with Gasteiger partial charge in [0.05, 0.1) is 5.56 Å². The van der Waals surface area contributed by atoms with Gasteiger partial charge in [0, 0.05) is 18.8 Å². The van der Waals surface area contributed by atoms with E-state index in [4.69, 9.17) is 5.11 Å². The average Bonchev–Trinajstić information content (AvgIpc) is 2.42. The SMILES string of the molecule is Cn1nc(C(=O)Nc2cccc(C(=O)O)c2)ccc1=O. The maximum absolute atomic E-state index is 11.9. The fourth-order valence-corrected chi connectivity index (χ4v) is 1.55. The number of amides is 1. The van der Waals surface area contributed by atoms with Gasteiger partial charge in [-0.2, -0.15) is 5.10 Å². The number of carboxylic acid groups (broad SMARTS) is 1. The summed E-state index contributed by atoms with van der Waals surface area (Å²) in [6.07, 6.45) is 0. The zero-order chi connectivity index (χ0) is 14.7. The minimum absolute atomic E-state index is 0.0628. The van der Waals surface area contributed by atoms with Crippen LogP contribution in [0.1, 0.15) is 20.8 Å². The Morgan fingerprint density at radius 2 is 2.00 bits per heavy atom. The largest absolute Gasteiger partial charge is 0.478 e. The zero-order valence-corrected chi connectivity index (χ0v) is 10.5. The lowest BCUT2D eigenvalue weighted by atomic mass is 10.2. The van der Waals surface area contributed by atoms with Crippen molar-refractivity contribution in [1.29, 1.82) is 0 Å². The Hall–Kier alpha value is -2.96. The second-order valence-electron chi connectivity index (χ2n) is 4.02. The van der Waals surface area contributed by atoms with Crippen molar-refractivity contribution in [3.05, 3.63) is 58.0 Å². The first-order valence-corrected chi connectivity index (χ1v) is 5.66. The zero-order valence-electron chi connectivity index (χ0n) is 10.5. The molecule has 0 fully saturated rings. The van der Waals surface area contributed by atoms with Gasteiger partial charge in [-0.05, 0) is 24.3 Å². The number of aromatic nitrogens is 2. The molecule has 0 aliphatic carbocycles. The van der Waals surface area contributed by atoms with E-state index in [1.165, 1.54) is 37.4 Å². The van der Waals surface area contributed by atoms with Crippen molar-refractivity contribution in [2.24, 2.45) is 7.05 Å². The first-order valence-electron chi connectivity index (χ1n) is 5.66. The molecule has 1 amide bonds. The van der Waals surface area contributed by atoms with Gasteiger partial charge in [-0.3, -0.25) is 9.59 Å². The molecule has 0 atom stereocenters. The average molecular weight is 273 g/mol. The summed E-state index contributed by atoms with van der Waals surface area (Å²) < 4.78 is 1.04. The Bertz CT molecular complexity index is 736. The van der Waals surface area contributed by atoms with Gasteiger partial charge in [-0.25, -0.2) is 9.48 Å². The number of hydrogen-bond donors (Lipinski definition) is 2. The van der Waals surface area contributed by atoms with Crippen molar-refractivity contribution in [2.75, 3.05) is 5.32 Å². The number of aryl methyl sites for hydroxylation is 1. The van der Waals surface area contributed by atoms with Crippen LogP contribution in [0.25, 0.3) is 0 Å². The van der Waals surface area contributed by atoms with Crippen molar-refractivity contribution in [3.63, 3.8) is 0 Å². The summed E-state index contributed by atoms with van der Waals surface area (Å²) in [4.78, 5) is 33.9. The summed E-state index contributed by atoms with van der Waals surface area (Å²) >= 11 is 0. The predicted octanol–water partition coefficient (Wildman–Crippen LogP) is 0.731. The first-order chi connectivity index (χ1) is 9.47. The van der Waals surface area contributed by atoms with Gasteiger partial charge in [0.2, 0.25) is 0 Å². The Kier molecular flexibility index (Phi) is 3.60. The predicted molar refractivity (Wildman–Crippen MR) is 70.8 cm³/mol. The van der Waals surface area contributed by atoms with Crippen LogP contribution in [0.5, 0.6) is 0 Å². The third kappa shape index (κ3) is 2.89. The standard InChI is InChI=1S/C13H11N3O4/c1-16-11(17)6-5-10(15-16)12(18)14-9-4-2-3-8(7-9)13(19)20/h2-7H,1H3,(H,14,18)(H,19,20). The molecule has 1 aromatic carbocycles. The quantitative estimate of drug-likeness (QED) is 0.858. The van der Waals surface area contributed by atoms with E-state index in [0.29, 0.717) is 5.69 Å². The highest BCUT2D eigenvalue weighted by molar-refractivity contribution is 6.03. The lowest BCUT2D eigenvalue weighted by Crippen LogP contribution is -2.23. The van der Waals surface area contributed by atoms with Crippen LogP contribution < -0.4 is 10.9 Å². The maximum atomic E-state index is 11.9. The van der Waals surface area contributed by atoms with Crippen molar-refractivity contribution in [2.45, 2.75) is 0 Å². The molecule has 1 aromatic heterocycles. The Labute approximate surface area is 113 Å². The summed E-state index contributed by atoms with van der Waals surface area (Å²) in [7, 11) is 1.43. The fraction of sp³-hybridized carbons (Fsp3) is 0.0769. The molecule has 0 saturated heterocycles. The number of nitrogens with one attached hydrogen (secondary N) is 1. The van der Waals surface area contributed by atoms with Crippen molar-refractivity contribution < 1.29 is 14.7 Å². The second-order valence-corrected chi connectivity index (χ2v) is 4.02. The molecule has 102 valence electrons. The van der Waals surface area contributed by atoms with E-state index in [2.05, 4.69) is 10.4 Å². The van der Waals surface area contributed by atoms with Gasteiger partial charge in [-0.1, -0.05) is 6.07 Å².